The average molecular weight is 460 g/mol. The van der Waals surface area contributed by atoms with E-state index in [-0.39, 0.29) is 18.9 Å². The van der Waals surface area contributed by atoms with Crippen molar-refractivity contribution in [2.45, 2.75) is 45.8 Å². The lowest BCUT2D eigenvalue weighted by molar-refractivity contribution is -0.122. The fourth-order valence-corrected chi connectivity index (χ4v) is 4.37. The highest BCUT2D eigenvalue weighted by atomic mass is 32.2. The summed E-state index contributed by atoms with van der Waals surface area (Å²) >= 11 is 0. The molecule has 2 aromatic rings. The van der Waals surface area contributed by atoms with E-state index >= 15 is 0 Å². The maximum absolute atomic E-state index is 13.1. The van der Waals surface area contributed by atoms with E-state index in [1.165, 1.54) is 4.31 Å². The number of hydrogen-bond donors (Lipinski definition) is 2. The maximum atomic E-state index is 13.1. The van der Waals surface area contributed by atoms with Gasteiger partial charge in [0.15, 0.2) is 6.10 Å². The first-order valence-electron chi connectivity index (χ1n) is 10.3. The van der Waals surface area contributed by atoms with Gasteiger partial charge >= 0.3 is 0 Å². The summed E-state index contributed by atoms with van der Waals surface area (Å²) in [5.41, 5.74) is 1.54. The van der Waals surface area contributed by atoms with Crippen LogP contribution in [0.1, 0.15) is 43.1 Å². The summed E-state index contributed by atoms with van der Waals surface area (Å²) in [7, 11) is -3.55. The molecule has 32 heavy (non-hydrogen) atoms. The molecule has 3 rings (SSSR count). The van der Waals surface area contributed by atoms with Gasteiger partial charge in [0.25, 0.3) is 11.8 Å². The van der Waals surface area contributed by atoms with E-state index in [4.69, 9.17) is 4.74 Å². The number of nitrogens with one attached hydrogen (secondary N) is 2. The zero-order chi connectivity index (χ0) is 23.7. The lowest BCUT2D eigenvalue weighted by Gasteiger charge is -2.22. The van der Waals surface area contributed by atoms with Gasteiger partial charge in [0.05, 0.1) is 23.2 Å². The van der Waals surface area contributed by atoms with E-state index in [1.807, 2.05) is 27.7 Å². The molecule has 172 valence electrons. The van der Waals surface area contributed by atoms with Crippen LogP contribution < -0.4 is 19.7 Å². The van der Waals surface area contributed by atoms with Crippen molar-refractivity contribution in [2.75, 3.05) is 22.4 Å². The minimum atomic E-state index is -3.55. The number of hydrogen-bond acceptors (Lipinski definition) is 5. The van der Waals surface area contributed by atoms with E-state index < -0.39 is 27.6 Å². The van der Waals surface area contributed by atoms with E-state index in [0.717, 1.165) is 11.8 Å². The molecule has 0 fully saturated rings. The van der Waals surface area contributed by atoms with E-state index in [0.29, 0.717) is 22.7 Å². The molecule has 1 aliphatic heterocycles. The van der Waals surface area contributed by atoms with Gasteiger partial charge in [0.2, 0.25) is 10.0 Å². The molecule has 2 aromatic carbocycles. The monoisotopic (exact) mass is 459 g/mol. The van der Waals surface area contributed by atoms with Crippen molar-refractivity contribution in [3.05, 3.63) is 53.6 Å². The molecule has 1 heterocycles. The molecule has 1 aliphatic rings. The van der Waals surface area contributed by atoms with Crippen LogP contribution in [-0.4, -0.2) is 44.7 Å². The van der Waals surface area contributed by atoms with E-state index in [9.17, 15) is 18.0 Å². The van der Waals surface area contributed by atoms with Crippen molar-refractivity contribution in [2.24, 2.45) is 0 Å². The Morgan fingerprint density at radius 3 is 2.47 bits per heavy atom. The molecular formula is C23H29N3O5S. The zero-order valence-corrected chi connectivity index (χ0v) is 19.7. The normalized spacial score (nSPS) is 16.4. The van der Waals surface area contributed by atoms with Gasteiger partial charge in [-0.05, 0) is 57.5 Å². The van der Waals surface area contributed by atoms with Crippen molar-refractivity contribution < 1.29 is 22.7 Å². The van der Waals surface area contributed by atoms with Crippen molar-refractivity contribution in [1.29, 1.82) is 0 Å². The molecule has 0 spiro atoms. The molecule has 0 unspecified atom stereocenters. The van der Waals surface area contributed by atoms with Crippen molar-refractivity contribution in [3.63, 3.8) is 0 Å². The van der Waals surface area contributed by atoms with E-state index in [2.05, 4.69) is 10.6 Å². The predicted octanol–water partition coefficient (Wildman–Crippen LogP) is 3.08. The number of amides is 2. The largest absolute Gasteiger partial charge is 0.478 e. The zero-order valence-electron chi connectivity index (χ0n) is 18.9. The number of benzene rings is 2. The number of para-hydroxylation sites is 1. The average Bonchev–Trinajstić information content (AvgIpc) is 2.86. The van der Waals surface area contributed by atoms with Crippen LogP contribution >= 0.6 is 0 Å². The molecule has 0 aliphatic carbocycles. The summed E-state index contributed by atoms with van der Waals surface area (Å²) in [6.45, 7) is 7.57. The minimum Gasteiger partial charge on any atom is -0.478 e. The Kier molecular flexibility index (Phi) is 6.50. The number of ether oxygens (including phenoxy) is 1. The van der Waals surface area contributed by atoms with Crippen LogP contribution in [0.15, 0.2) is 42.5 Å². The standard InChI is InChI=1S/C23H29N3O5S/c1-15-10-11-19-18(14-15)26(32(5,29)30)13-12-20(31-19)22(28)24-17-9-7-6-8-16(17)21(27)25-23(2,3)4/h6-11,14,20H,12-13H2,1-5H3,(H,24,28)(H,25,27)/t20-/m1/s1. The van der Waals surface area contributed by atoms with Crippen LogP contribution in [0.5, 0.6) is 5.75 Å². The Balaban J connectivity index is 1.86. The van der Waals surface area contributed by atoms with Gasteiger partial charge in [-0.25, -0.2) is 8.42 Å². The van der Waals surface area contributed by atoms with Crippen LogP contribution in [0.25, 0.3) is 0 Å². The molecule has 0 bridgehead atoms. The first-order chi connectivity index (χ1) is 14.8. The van der Waals surface area contributed by atoms with Crippen molar-refractivity contribution >= 4 is 33.2 Å². The summed E-state index contributed by atoms with van der Waals surface area (Å²) in [6, 6.07) is 11.9. The second-order valence-corrected chi connectivity index (χ2v) is 10.8. The highest BCUT2D eigenvalue weighted by Crippen LogP contribution is 2.35. The van der Waals surface area contributed by atoms with Crippen LogP contribution in [0.2, 0.25) is 0 Å². The third kappa shape index (κ3) is 5.59. The molecule has 0 aromatic heterocycles. The SMILES string of the molecule is Cc1ccc2c(c1)N(S(C)(=O)=O)CC[C@H](C(=O)Nc1ccccc1C(=O)NC(C)(C)C)O2. The Morgan fingerprint density at radius 1 is 1.12 bits per heavy atom. The molecule has 2 amide bonds. The quantitative estimate of drug-likeness (QED) is 0.731. The number of aryl methyl sites for hydroxylation is 1. The number of rotatable bonds is 4. The van der Waals surface area contributed by atoms with E-state index in [1.54, 1.807) is 42.5 Å². The third-order valence-electron chi connectivity index (χ3n) is 4.86. The van der Waals surface area contributed by atoms with Gasteiger partial charge in [-0.1, -0.05) is 18.2 Å². The fraction of sp³-hybridized carbons (Fsp3) is 0.391. The van der Waals surface area contributed by atoms with Crippen LogP contribution in [0.4, 0.5) is 11.4 Å². The van der Waals surface area contributed by atoms with Gasteiger partial charge in [-0.3, -0.25) is 13.9 Å². The molecule has 8 nitrogen and oxygen atoms in total. The highest BCUT2D eigenvalue weighted by molar-refractivity contribution is 7.92. The Hall–Kier alpha value is -3.07. The number of nitrogens with zero attached hydrogens (tertiary/aromatic N) is 1. The van der Waals surface area contributed by atoms with Gasteiger partial charge in [-0.2, -0.15) is 0 Å². The second kappa shape index (κ2) is 8.82. The topological polar surface area (TPSA) is 105 Å². The van der Waals surface area contributed by atoms with Crippen LogP contribution in [0, 0.1) is 6.92 Å². The fourth-order valence-electron chi connectivity index (χ4n) is 3.43. The summed E-state index contributed by atoms with van der Waals surface area (Å²) in [5, 5.41) is 5.66. The summed E-state index contributed by atoms with van der Waals surface area (Å²) < 4.78 is 31.9. The smallest absolute Gasteiger partial charge is 0.265 e. The van der Waals surface area contributed by atoms with Gasteiger partial charge in [0, 0.05) is 18.5 Å². The third-order valence-corrected chi connectivity index (χ3v) is 6.04. The second-order valence-electron chi connectivity index (χ2n) is 8.94. The van der Waals surface area contributed by atoms with Gasteiger partial charge in [-0.15, -0.1) is 0 Å². The van der Waals surface area contributed by atoms with Gasteiger partial charge < -0.3 is 15.4 Å². The first-order valence-corrected chi connectivity index (χ1v) is 12.2. The molecule has 0 saturated carbocycles. The Morgan fingerprint density at radius 2 is 1.81 bits per heavy atom. The molecule has 0 saturated heterocycles. The number of carbonyl (C=O) groups excluding carboxylic acids is 2. The lowest BCUT2D eigenvalue weighted by Crippen LogP contribution is -2.41. The van der Waals surface area contributed by atoms with Crippen molar-refractivity contribution in [1.82, 2.24) is 5.32 Å². The molecular weight excluding hydrogens is 430 g/mol. The molecule has 1 atom stereocenters. The van der Waals surface area contributed by atoms with Crippen LogP contribution in [0.3, 0.4) is 0 Å². The Bertz CT molecular complexity index is 1140. The molecule has 2 N–H and O–H groups in total. The lowest BCUT2D eigenvalue weighted by atomic mass is 10.1. The predicted molar refractivity (Wildman–Crippen MR) is 125 cm³/mol. The number of anilines is 2. The number of carbonyl (C=O) groups is 2. The minimum absolute atomic E-state index is 0.0968. The molecule has 0 radical (unpaired) electrons. The van der Waals surface area contributed by atoms with Gasteiger partial charge in [0.1, 0.15) is 5.75 Å². The summed E-state index contributed by atoms with van der Waals surface area (Å²) in [6.07, 6.45) is 0.356. The first kappa shape index (κ1) is 23.6. The number of fused-ring (bicyclic) bond motifs is 1. The maximum Gasteiger partial charge on any atom is 0.265 e. The highest BCUT2D eigenvalue weighted by Gasteiger charge is 2.32. The van der Waals surface area contributed by atoms with Crippen LogP contribution in [-0.2, 0) is 14.8 Å². The molecule has 9 heteroatoms. The summed E-state index contributed by atoms with van der Waals surface area (Å²) in [4.78, 5) is 25.8. The summed E-state index contributed by atoms with van der Waals surface area (Å²) in [5.74, 6) is -0.445. The Labute approximate surface area is 189 Å². The van der Waals surface area contributed by atoms with Crippen molar-refractivity contribution in [3.8, 4) is 5.75 Å². The number of sulfonamides is 1.